The lowest BCUT2D eigenvalue weighted by Gasteiger charge is -2.14. The summed E-state index contributed by atoms with van der Waals surface area (Å²) >= 11 is 0. The molecule has 0 saturated carbocycles. The predicted molar refractivity (Wildman–Crippen MR) is 93.0 cm³/mol. The van der Waals surface area contributed by atoms with Crippen LogP contribution in [0.5, 0.6) is 0 Å². The average molecular weight is 307 g/mol. The molecule has 1 saturated heterocycles. The summed E-state index contributed by atoms with van der Waals surface area (Å²) in [7, 11) is 0. The van der Waals surface area contributed by atoms with Crippen molar-refractivity contribution in [3.63, 3.8) is 0 Å². The lowest BCUT2D eigenvalue weighted by molar-refractivity contribution is 0.352. The molecule has 2 aromatic rings. The van der Waals surface area contributed by atoms with E-state index in [-0.39, 0.29) is 0 Å². The predicted octanol–water partition coefficient (Wildman–Crippen LogP) is 1.97. The summed E-state index contributed by atoms with van der Waals surface area (Å²) in [6, 6.07) is 7.48. The van der Waals surface area contributed by atoms with E-state index in [1.54, 1.807) is 12.4 Å². The van der Waals surface area contributed by atoms with Gasteiger partial charge in [0.05, 0.1) is 5.56 Å². The van der Waals surface area contributed by atoms with Crippen molar-refractivity contribution in [1.82, 2.24) is 14.9 Å². The van der Waals surface area contributed by atoms with E-state index >= 15 is 0 Å². The van der Waals surface area contributed by atoms with Crippen molar-refractivity contribution in [3.8, 4) is 11.8 Å². The monoisotopic (exact) mass is 307 g/mol. The van der Waals surface area contributed by atoms with Gasteiger partial charge in [-0.2, -0.15) is 0 Å². The van der Waals surface area contributed by atoms with Gasteiger partial charge in [-0.05, 0) is 50.2 Å². The fraction of sp³-hybridized carbons (Fsp3) is 0.333. The zero-order valence-corrected chi connectivity index (χ0v) is 13.1. The highest BCUT2D eigenvalue weighted by Gasteiger charge is 2.10. The Bertz CT molecular complexity index is 676. The molecule has 5 heteroatoms. The number of hydrogen-bond acceptors (Lipinski definition) is 5. The molecule has 0 spiro atoms. The Labute approximate surface area is 136 Å². The number of benzene rings is 1. The second kappa shape index (κ2) is 7.61. The number of likely N-dealkylation sites (tertiary alicyclic amines) is 1. The Hall–Kier alpha value is -2.58. The lowest BCUT2D eigenvalue weighted by atomic mass is 10.2. The number of aromatic nitrogens is 2. The normalized spacial score (nSPS) is 14.3. The van der Waals surface area contributed by atoms with E-state index in [0.717, 1.165) is 29.9 Å². The van der Waals surface area contributed by atoms with Crippen LogP contribution in [0.3, 0.4) is 0 Å². The molecule has 3 N–H and O–H groups in total. The van der Waals surface area contributed by atoms with Crippen molar-refractivity contribution < 1.29 is 0 Å². The second-order valence-electron chi connectivity index (χ2n) is 5.64. The first kappa shape index (κ1) is 15.3. The Morgan fingerprint density at radius 3 is 2.35 bits per heavy atom. The van der Waals surface area contributed by atoms with E-state index in [2.05, 4.69) is 32.0 Å². The summed E-state index contributed by atoms with van der Waals surface area (Å²) in [5, 5.41) is 3.25. The molecule has 23 heavy (non-hydrogen) atoms. The minimum absolute atomic E-state index is 0.655. The molecule has 0 amide bonds. The van der Waals surface area contributed by atoms with E-state index < -0.39 is 0 Å². The number of nitrogen functional groups attached to an aromatic ring is 1. The molecule has 3 rings (SSSR count). The van der Waals surface area contributed by atoms with E-state index in [4.69, 9.17) is 5.73 Å². The molecular weight excluding hydrogens is 286 g/mol. The van der Waals surface area contributed by atoms with Crippen LogP contribution in [-0.2, 0) is 0 Å². The molecule has 1 aliphatic heterocycles. The number of anilines is 2. The second-order valence-corrected chi connectivity index (χ2v) is 5.64. The quantitative estimate of drug-likeness (QED) is 0.668. The van der Waals surface area contributed by atoms with Crippen molar-refractivity contribution >= 4 is 11.6 Å². The number of nitrogens with zero attached hydrogens (tertiary/aromatic N) is 3. The van der Waals surface area contributed by atoms with Crippen molar-refractivity contribution in [2.24, 2.45) is 0 Å². The van der Waals surface area contributed by atoms with Gasteiger partial charge in [0.15, 0.2) is 0 Å². The van der Waals surface area contributed by atoms with Crippen LogP contribution >= 0.6 is 0 Å². The standard InChI is InChI=1S/C18H21N5/c19-17-7-5-15(6-8-17)3-4-16-13-21-18(22-14-16)20-9-12-23-10-1-2-11-23/h5-8,13-14H,1-2,9-12,19H2,(H,20,21,22). The average Bonchev–Trinajstić information content (AvgIpc) is 3.09. The first-order valence-electron chi connectivity index (χ1n) is 7.95. The van der Waals surface area contributed by atoms with Crippen molar-refractivity contribution in [2.45, 2.75) is 12.8 Å². The molecular formula is C18H21N5. The number of nitrogens with two attached hydrogens (primary N) is 1. The van der Waals surface area contributed by atoms with Crippen LogP contribution in [0, 0.1) is 11.8 Å². The van der Waals surface area contributed by atoms with Gasteiger partial charge in [0, 0.05) is 36.7 Å². The molecule has 0 atom stereocenters. The van der Waals surface area contributed by atoms with E-state index in [9.17, 15) is 0 Å². The van der Waals surface area contributed by atoms with E-state index in [1.165, 1.54) is 25.9 Å². The Morgan fingerprint density at radius 2 is 1.65 bits per heavy atom. The fourth-order valence-corrected chi connectivity index (χ4v) is 2.53. The van der Waals surface area contributed by atoms with Crippen molar-refractivity contribution in [3.05, 3.63) is 47.8 Å². The fourth-order valence-electron chi connectivity index (χ4n) is 2.53. The first-order chi connectivity index (χ1) is 11.3. The lowest BCUT2D eigenvalue weighted by Crippen LogP contribution is -2.26. The molecule has 0 aliphatic carbocycles. The van der Waals surface area contributed by atoms with Crippen LogP contribution in [0.25, 0.3) is 0 Å². The topological polar surface area (TPSA) is 67.1 Å². The summed E-state index contributed by atoms with van der Waals surface area (Å²) in [6.45, 7) is 4.34. The molecule has 1 aliphatic rings. The summed E-state index contributed by atoms with van der Waals surface area (Å²) in [5.74, 6) is 6.79. The summed E-state index contributed by atoms with van der Waals surface area (Å²) in [6.07, 6.45) is 6.13. The highest BCUT2D eigenvalue weighted by molar-refractivity contribution is 5.47. The molecule has 0 radical (unpaired) electrons. The zero-order valence-electron chi connectivity index (χ0n) is 13.1. The third kappa shape index (κ3) is 4.70. The SMILES string of the molecule is Nc1ccc(C#Cc2cnc(NCCN3CCCC3)nc2)cc1. The Morgan fingerprint density at radius 1 is 1.00 bits per heavy atom. The van der Waals surface area contributed by atoms with Gasteiger partial charge < -0.3 is 16.0 Å². The summed E-state index contributed by atoms with van der Waals surface area (Å²) in [4.78, 5) is 11.1. The Kier molecular flexibility index (Phi) is 5.07. The molecule has 0 bridgehead atoms. The van der Waals surface area contributed by atoms with E-state index in [1.807, 2.05) is 24.3 Å². The minimum Gasteiger partial charge on any atom is -0.399 e. The van der Waals surface area contributed by atoms with Gasteiger partial charge in [0.25, 0.3) is 0 Å². The van der Waals surface area contributed by atoms with Crippen LogP contribution in [0.4, 0.5) is 11.6 Å². The van der Waals surface area contributed by atoms with Crippen LogP contribution in [0.15, 0.2) is 36.7 Å². The maximum atomic E-state index is 5.65. The summed E-state index contributed by atoms with van der Waals surface area (Å²) in [5.41, 5.74) is 8.11. The maximum Gasteiger partial charge on any atom is 0.222 e. The smallest absolute Gasteiger partial charge is 0.222 e. The highest BCUT2D eigenvalue weighted by atomic mass is 15.2. The molecule has 118 valence electrons. The Balaban J connectivity index is 1.51. The molecule has 1 aromatic heterocycles. The van der Waals surface area contributed by atoms with Crippen LogP contribution < -0.4 is 11.1 Å². The number of nitrogens with one attached hydrogen (secondary N) is 1. The van der Waals surface area contributed by atoms with Crippen LogP contribution in [0.2, 0.25) is 0 Å². The highest BCUT2D eigenvalue weighted by Crippen LogP contribution is 2.07. The van der Waals surface area contributed by atoms with Gasteiger partial charge >= 0.3 is 0 Å². The van der Waals surface area contributed by atoms with Gasteiger partial charge in [0.2, 0.25) is 5.95 Å². The van der Waals surface area contributed by atoms with Gasteiger partial charge in [-0.25, -0.2) is 9.97 Å². The molecule has 0 unspecified atom stereocenters. The third-order valence-corrected chi connectivity index (χ3v) is 3.82. The molecule has 5 nitrogen and oxygen atoms in total. The molecule has 1 fully saturated rings. The maximum absolute atomic E-state index is 5.65. The largest absolute Gasteiger partial charge is 0.399 e. The van der Waals surface area contributed by atoms with Crippen molar-refractivity contribution in [1.29, 1.82) is 0 Å². The first-order valence-corrected chi connectivity index (χ1v) is 7.95. The van der Waals surface area contributed by atoms with Gasteiger partial charge in [-0.3, -0.25) is 0 Å². The van der Waals surface area contributed by atoms with Gasteiger partial charge in [-0.15, -0.1) is 0 Å². The van der Waals surface area contributed by atoms with Gasteiger partial charge in [-0.1, -0.05) is 11.8 Å². The zero-order chi connectivity index (χ0) is 15.9. The minimum atomic E-state index is 0.655. The van der Waals surface area contributed by atoms with Crippen LogP contribution in [0.1, 0.15) is 24.0 Å². The summed E-state index contributed by atoms with van der Waals surface area (Å²) < 4.78 is 0. The van der Waals surface area contributed by atoms with Gasteiger partial charge in [0.1, 0.15) is 0 Å². The number of hydrogen-bond donors (Lipinski definition) is 2. The van der Waals surface area contributed by atoms with Crippen molar-refractivity contribution in [2.75, 3.05) is 37.2 Å². The van der Waals surface area contributed by atoms with Crippen LogP contribution in [-0.4, -0.2) is 41.0 Å². The molecule has 1 aromatic carbocycles. The van der Waals surface area contributed by atoms with E-state index in [0.29, 0.717) is 5.95 Å². The third-order valence-electron chi connectivity index (χ3n) is 3.82. The molecule has 2 heterocycles. The number of rotatable bonds is 4.